The van der Waals surface area contributed by atoms with Gasteiger partial charge in [-0.25, -0.2) is 4.39 Å². The fourth-order valence-corrected chi connectivity index (χ4v) is 2.38. The van der Waals surface area contributed by atoms with Gasteiger partial charge in [0, 0.05) is 11.0 Å². The van der Waals surface area contributed by atoms with Crippen LogP contribution in [-0.4, -0.2) is 27.4 Å². The predicted octanol–water partition coefficient (Wildman–Crippen LogP) is 2.04. The minimum absolute atomic E-state index is 0.0829. The lowest BCUT2D eigenvalue weighted by molar-refractivity contribution is 0.102. The van der Waals surface area contributed by atoms with Gasteiger partial charge in [-0.2, -0.15) is 0 Å². The van der Waals surface area contributed by atoms with Crippen LogP contribution in [0.25, 0.3) is 0 Å². The highest BCUT2D eigenvalue weighted by Gasteiger charge is 2.15. The number of amides is 1. The summed E-state index contributed by atoms with van der Waals surface area (Å²) in [5.41, 5.74) is 5.76. The van der Waals surface area contributed by atoms with Gasteiger partial charge in [0.25, 0.3) is 5.91 Å². The first-order chi connectivity index (χ1) is 9.51. The Morgan fingerprint density at radius 3 is 2.95 bits per heavy atom. The molecule has 2 aromatic rings. The third-order valence-electron chi connectivity index (χ3n) is 2.37. The summed E-state index contributed by atoms with van der Waals surface area (Å²) in [7, 11) is 0. The molecule has 0 unspecified atom stereocenters. The molecule has 0 aliphatic rings. The highest BCUT2D eigenvalue weighted by Crippen LogP contribution is 2.31. The van der Waals surface area contributed by atoms with Crippen LogP contribution in [0.4, 0.5) is 10.1 Å². The van der Waals surface area contributed by atoms with Crippen molar-refractivity contribution in [2.24, 2.45) is 5.73 Å². The maximum Gasteiger partial charge on any atom is 0.277 e. The second-order valence-electron chi connectivity index (χ2n) is 3.85. The molecule has 1 aromatic heterocycles. The lowest BCUT2D eigenvalue weighted by Gasteiger charge is -2.08. The van der Waals surface area contributed by atoms with Gasteiger partial charge >= 0.3 is 0 Å². The predicted molar refractivity (Wildman–Crippen MR) is 76.1 cm³/mol. The van der Waals surface area contributed by atoms with Crippen molar-refractivity contribution in [2.75, 3.05) is 11.9 Å². The molecular weight excluding hydrogens is 353 g/mol. The Balaban J connectivity index is 2.19. The highest BCUT2D eigenvalue weighted by molar-refractivity contribution is 9.10. The molecule has 0 spiro atoms. The quantitative estimate of drug-likeness (QED) is 0.871. The van der Waals surface area contributed by atoms with Gasteiger partial charge in [0.15, 0.2) is 5.69 Å². The normalized spacial score (nSPS) is 10.6. The number of hydrogen-bond acceptors (Lipinski definition) is 4. The summed E-state index contributed by atoms with van der Waals surface area (Å²) in [6.45, 7) is 0.848. The minimum Gasteiger partial charge on any atom is -0.329 e. The van der Waals surface area contributed by atoms with Crippen LogP contribution in [-0.2, 0) is 6.54 Å². The Morgan fingerprint density at radius 1 is 1.55 bits per heavy atom. The summed E-state index contributed by atoms with van der Waals surface area (Å²) in [4.78, 5) is 12.0. The zero-order valence-electron chi connectivity index (χ0n) is 10.1. The molecular formula is C11H10BrClFN5O. The molecule has 1 amide bonds. The smallest absolute Gasteiger partial charge is 0.277 e. The average Bonchev–Trinajstić information content (AvgIpc) is 2.82. The number of benzene rings is 1. The van der Waals surface area contributed by atoms with Crippen molar-refractivity contribution in [3.05, 3.63) is 39.3 Å². The summed E-state index contributed by atoms with van der Waals surface area (Å²) in [6, 6.07) is 2.31. The Kier molecular flexibility index (Phi) is 4.69. The molecule has 0 aliphatic heterocycles. The summed E-state index contributed by atoms with van der Waals surface area (Å²) in [5.74, 6) is -1.00. The number of nitrogens with one attached hydrogen (secondary N) is 1. The van der Waals surface area contributed by atoms with Gasteiger partial charge in [0.05, 0.1) is 23.5 Å². The molecule has 1 heterocycles. The Morgan fingerprint density at radius 2 is 2.30 bits per heavy atom. The molecule has 0 saturated carbocycles. The molecule has 0 saturated heterocycles. The van der Waals surface area contributed by atoms with Crippen molar-refractivity contribution in [1.82, 2.24) is 15.0 Å². The van der Waals surface area contributed by atoms with Crippen molar-refractivity contribution in [2.45, 2.75) is 6.54 Å². The Hall–Kier alpha value is -1.51. The first-order valence-corrected chi connectivity index (χ1v) is 6.74. The van der Waals surface area contributed by atoms with Crippen molar-refractivity contribution >= 4 is 39.1 Å². The lowest BCUT2D eigenvalue weighted by Crippen LogP contribution is -2.13. The Labute approximate surface area is 127 Å². The van der Waals surface area contributed by atoms with E-state index in [9.17, 15) is 9.18 Å². The van der Waals surface area contributed by atoms with E-state index in [0.29, 0.717) is 17.6 Å². The molecule has 1 aromatic carbocycles. The van der Waals surface area contributed by atoms with Crippen molar-refractivity contribution in [3.63, 3.8) is 0 Å². The lowest BCUT2D eigenvalue weighted by atomic mass is 10.3. The van der Waals surface area contributed by atoms with E-state index in [0.717, 1.165) is 6.07 Å². The van der Waals surface area contributed by atoms with Crippen molar-refractivity contribution in [1.29, 1.82) is 0 Å². The van der Waals surface area contributed by atoms with E-state index in [1.165, 1.54) is 16.9 Å². The largest absolute Gasteiger partial charge is 0.329 e. The van der Waals surface area contributed by atoms with Gasteiger partial charge in [0.1, 0.15) is 5.82 Å². The molecule has 106 valence electrons. The zero-order chi connectivity index (χ0) is 14.7. The fourth-order valence-electron chi connectivity index (χ4n) is 1.48. The number of hydrogen-bond donors (Lipinski definition) is 2. The molecule has 20 heavy (non-hydrogen) atoms. The second-order valence-corrected chi connectivity index (χ2v) is 5.12. The van der Waals surface area contributed by atoms with Gasteiger partial charge in [-0.05, 0) is 28.1 Å². The average molecular weight is 363 g/mol. The van der Waals surface area contributed by atoms with Crippen LogP contribution in [0.1, 0.15) is 10.5 Å². The fraction of sp³-hybridized carbons (Fsp3) is 0.182. The maximum absolute atomic E-state index is 13.1. The second kappa shape index (κ2) is 6.29. The maximum atomic E-state index is 13.1. The van der Waals surface area contributed by atoms with Crippen LogP contribution in [0.2, 0.25) is 5.02 Å². The van der Waals surface area contributed by atoms with Gasteiger partial charge in [-0.1, -0.05) is 16.8 Å². The third kappa shape index (κ3) is 3.33. The molecule has 0 aliphatic carbocycles. The number of carbonyl (C=O) groups excluding carboxylic acids is 1. The monoisotopic (exact) mass is 361 g/mol. The number of halogens is 3. The van der Waals surface area contributed by atoms with Crippen LogP contribution in [0.5, 0.6) is 0 Å². The van der Waals surface area contributed by atoms with E-state index in [2.05, 4.69) is 31.6 Å². The van der Waals surface area contributed by atoms with E-state index in [1.54, 1.807) is 0 Å². The minimum atomic E-state index is -0.506. The summed E-state index contributed by atoms with van der Waals surface area (Å²) >= 11 is 9.01. The molecule has 0 bridgehead atoms. The molecule has 9 heteroatoms. The molecule has 6 nitrogen and oxygen atoms in total. The Bertz CT molecular complexity index is 624. The van der Waals surface area contributed by atoms with E-state index < -0.39 is 11.7 Å². The summed E-state index contributed by atoms with van der Waals surface area (Å²) < 4.78 is 14.9. The topological polar surface area (TPSA) is 85.8 Å². The molecule has 3 N–H and O–H groups in total. The molecule has 0 atom stereocenters. The van der Waals surface area contributed by atoms with E-state index in [-0.39, 0.29) is 16.4 Å². The number of aromatic nitrogens is 3. The van der Waals surface area contributed by atoms with Crippen LogP contribution >= 0.6 is 27.5 Å². The van der Waals surface area contributed by atoms with Crippen LogP contribution in [0.15, 0.2) is 22.8 Å². The van der Waals surface area contributed by atoms with Gasteiger partial charge in [0.2, 0.25) is 0 Å². The summed E-state index contributed by atoms with van der Waals surface area (Å²) in [5, 5.41) is 10.1. The number of anilines is 1. The van der Waals surface area contributed by atoms with Gasteiger partial charge in [-0.15, -0.1) is 5.10 Å². The van der Waals surface area contributed by atoms with Crippen molar-refractivity contribution < 1.29 is 9.18 Å². The molecule has 0 fully saturated rings. The van der Waals surface area contributed by atoms with Gasteiger partial charge < -0.3 is 11.1 Å². The SMILES string of the molecule is NCCn1cc(C(=O)Nc2c(Cl)cc(F)cc2Br)nn1. The zero-order valence-corrected chi connectivity index (χ0v) is 12.4. The van der Waals surface area contributed by atoms with Crippen molar-refractivity contribution in [3.8, 4) is 0 Å². The van der Waals surface area contributed by atoms with Crippen LogP contribution < -0.4 is 11.1 Å². The number of nitrogens with zero attached hydrogens (tertiary/aromatic N) is 3. The van der Waals surface area contributed by atoms with Gasteiger partial charge in [-0.3, -0.25) is 9.48 Å². The molecule has 0 radical (unpaired) electrons. The summed E-state index contributed by atoms with van der Waals surface area (Å²) in [6.07, 6.45) is 1.47. The van der Waals surface area contributed by atoms with E-state index in [1.807, 2.05) is 0 Å². The number of carbonyl (C=O) groups is 1. The highest BCUT2D eigenvalue weighted by atomic mass is 79.9. The molecule has 2 rings (SSSR count). The van der Waals surface area contributed by atoms with E-state index >= 15 is 0 Å². The first-order valence-electron chi connectivity index (χ1n) is 5.57. The number of rotatable bonds is 4. The van der Waals surface area contributed by atoms with E-state index in [4.69, 9.17) is 17.3 Å². The number of nitrogens with two attached hydrogens (primary N) is 1. The van der Waals surface area contributed by atoms with Crippen LogP contribution in [0, 0.1) is 5.82 Å². The van der Waals surface area contributed by atoms with Crippen LogP contribution in [0.3, 0.4) is 0 Å². The third-order valence-corrected chi connectivity index (χ3v) is 3.30. The standard InChI is InChI=1S/C11H10BrClFN5O/c12-7-3-6(14)4-8(13)10(7)16-11(20)9-5-19(2-1-15)18-17-9/h3-5H,1-2,15H2,(H,16,20). The first kappa shape index (κ1) is 14.9.